The van der Waals surface area contributed by atoms with Gasteiger partial charge in [0, 0.05) is 0 Å². The molecule has 3 aromatic carbocycles. The first-order valence-corrected chi connectivity index (χ1v) is 9.85. The second-order valence-corrected chi connectivity index (χ2v) is 7.74. The number of sulfonamides is 1. The Hall–Kier alpha value is -3.53. The average Bonchev–Trinajstić information content (AvgIpc) is 2.69. The third kappa shape index (κ3) is 4.90. The summed E-state index contributed by atoms with van der Waals surface area (Å²) >= 11 is 0. The summed E-state index contributed by atoms with van der Waals surface area (Å²) in [5, 5.41) is 8.91. The fraction of sp³-hybridized carbons (Fsp3) is 0.0500. The molecule has 0 aromatic heterocycles. The Kier molecular flexibility index (Phi) is 5.70. The van der Waals surface area contributed by atoms with Gasteiger partial charge < -0.3 is 9.84 Å². The molecule has 156 valence electrons. The third-order valence-electron chi connectivity index (χ3n) is 3.95. The van der Waals surface area contributed by atoms with Crippen LogP contribution in [0, 0.1) is 0 Å². The van der Waals surface area contributed by atoms with Crippen molar-refractivity contribution >= 4 is 21.7 Å². The molecule has 0 aliphatic heterocycles. The Balaban J connectivity index is 1.83. The van der Waals surface area contributed by atoms with Gasteiger partial charge in [0.25, 0.3) is 10.0 Å². The number of benzene rings is 3. The second-order valence-electron chi connectivity index (χ2n) is 6.06. The highest BCUT2D eigenvalue weighted by atomic mass is 32.2. The Bertz CT molecular complexity index is 1160. The first-order valence-electron chi connectivity index (χ1n) is 8.36. The van der Waals surface area contributed by atoms with Crippen molar-refractivity contribution < 1.29 is 36.2 Å². The zero-order chi connectivity index (χ0) is 21.9. The predicted molar refractivity (Wildman–Crippen MR) is 102 cm³/mol. The van der Waals surface area contributed by atoms with Gasteiger partial charge in [0.15, 0.2) is 5.75 Å². The molecule has 30 heavy (non-hydrogen) atoms. The van der Waals surface area contributed by atoms with Gasteiger partial charge in [-0.3, -0.25) is 4.72 Å². The Labute approximate surface area is 169 Å². The fourth-order valence-electron chi connectivity index (χ4n) is 2.46. The maximum Gasteiger partial charge on any atom is 0.416 e. The molecule has 0 radical (unpaired) electrons. The van der Waals surface area contributed by atoms with Gasteiger partial charge in [-0.1, -0.05) is 12.1 Å². The lowest BCUT2D eigenvalue weighted by Crippen LogP contribution is -2.13. The van der Waals surface area contributed by atoms with Gasteiger partial charge in [0.05, 0.1) is 21.7 Å². The van der Waals surface area contributed by atoms with E-state index in [4.69, 9.17) is 9.84 Å². The molecule has 0 aliphatic rings. The zero-order valence-corrected chi connectivity index (χ0v) is 15.9. The van der Waals surface area contributed by atoms with Crippen LogP contribution in [-0.2, 0) is 16.2 Å². The number of carboxylic acids is 1. The van der Waals surface area contributed by atoms with Crippen molar-refractivity contribution in [3.63, 3.8) is 0 Å². The number of hydrogen-bond donors (Lipinski definition) is 2. The standard InChI is InChI=1S/C20H14F3NO5S/c21-20(22,23)14-7-9-15(10-8-14)29-18-4-2-1-3-17(18)24-30(27,28)16-11-5-13(6-12-16)19(25)26/h1-12,24H,(H,25,26). The van der Waals surface area contributed by atoms with E-state index in [-0.39, 0.29) is 27.6 Å². The number of nitrogens with one attached hydrogen (secondary N) is 1. The summed E-state index contributed by atoms with van der Waals surface area (Å²) < 4.78 is 71.1. The maximum absolute atomic E-state index is 12.7. The molecule has 2 N–H and O–H groups in total. The monoisotopic (exact) mass is 437 g/mol. The van der Waals surface area contributed by atoms with Gasteiger partial charge in [-0.2, -0.15) is 13.2 Å². The van der Waals surface area contributed by atoms with Crippen molar-refractivity contribution in [1.29, 1.82) is 0 Å². The Morgan fingerprint density at radius 3 is 2.07 bits per heavy atom. The van der Waals surface area contributed by atoms with Crippen molar-refractivity contribution in [1.82, 2.24) is 0 Å². The molecule has 0 atom stereocenters. The maximum atomic E-state index is 12.7. The molecule has 0 saturated carbocycles. The number of carboxylic acid groups (broad SMARTS) is 1. The fourth-order valence-corrected chi connectivity index (χ4v) is 3.53. The lowest BCUT2D eigenvalue weighted by molar-refractivity contribution is -0.137. The minimum absolute atomic E-state index is 0.0553. The molecule has 0 fully saturated rings. The first-order chi connectivity index (χ1) is 14.1. The summed E-state index contributed by atoms with van der Waals surface area (Å²) in [5.74, 6) is -1.04. The molecule has 0 bridgehead atoms. The summed E-state index contributed by atoms with van der Waals surface area (Å²) in [6.45, 7) is 0. The van der Waals surface area contributed by atoms with E-state index in [0.29, 0.717) is 0 Å². The summed E-state index contributed by atoms with van der Waals surface area (Å²) in [6, 6.07) is 14.5. The number of anilines is 1. The van der Waals surface area contributed by atoms with Crippen molar-refractivity contribution in [2.75, 3.05) is 4.72 Å². The van der Waals surface area contributed by atoms with Gasteiger partial charge >= 0.3 is 12.1 Å². The van der Waals surface area contributed by atoms with E-state index in [0.717, 1.165) is 48.5 Å². The summed E-state index contributed by atoms with van der Waals surface area (Å²) in [7, 11) is -4.07. The SMILES string of the molecule is O=C(O)c1ccc(S(=O)(=O)Nc2ccccc2Oc2ccc(C(F)(F)F)cc2)cc1. The van der Waals surface area contributed by atoms with Crippen molar-refractivity contribution in [2.24, 2.45) is 0 Å². The smallest absolute Gasteiger partial charge is 0.416 e. The van der Waals surface area contributed by atoms with Gasteiger partial charge in [0.2, 0.25) is 0 Å². The van der Waals surface area contributed by atoms with Crippen LogP contribution in [0.25, 0.3) is 0 Å². The van der Waals surface area contributed by atoms with E-state index < -0.39 is 27.7 Å². The molecule has 3 rings (SSSR count). The summed E-state index contributed by atoms with van der Waals surface area (Å²) in [5.41, 5.74) is -0.853. The van der Waals surface area contributed by atoms with Crippen LogP contribution >= 0.6 is 0 Å². The van der Waals surface area contributed by atoms with Crippen LogP contribution in [0.5, 0.6) is 11.5 Å². The quantitative estimate of drug-likeness (QED) is 0.566. The van der Waals surface area contributed by atoms with Crippen LogP contribution in [0.2, 0.25) is 0 Å². The molecule has 3 aromatic rings. The van der Waals surface area contributed by atoms with Crippen LogP contribution in [0.4, 0.5) is 18.9 Å². The molecule has 0 spiro atoms. The average molecular weight is 437 g/mol. The van der Waals surface area contributed by atoms with Crippen LogP contribution in [0.15, 0.2) is 77.7 Å². The number of rotatable bonds is 6. The number of carbonyl (C=O) groups is 1. The largest absolute Gasteiger partial charge is 0.478 e. The van der Waals surface area contributed by atoms with Gasteiger partial charge in [-0.05, 0) is 60.7 Å². The van der Waals surface area contributed by atoms with E-state index in [2.05, 4.69) is 4.72 Å². The van der Waals surface area contributed by atoms with Gasteiger partial charge in [-0.25, -0.2) is 13.2 Å². The van der Waals surface area contributed by atoms with Crippen molar-refractivity contribution in [3.8, 4) is 11.5 Å². The molecule has 10 heteroatoms. The van der Waals surface area contributed by atoms with Crippen LogP contribution in [0.3, 0.4) is 0 Å². The molecule has 0 heterocycles. The zero-order valence-electron chi connectivity index (χ0n) is 15.1. The molecule has 0 amide bonds. The highest BCUT2D eigenvalue weighted by Gasteiger charge is 2.30. The minimum atomic E-state index is -4.48. The number of ether oxygens (including phenoxy) is 1. The number of aromatic carboxylic acids is 1. The third-order valence-corrected chi connectivity index (χ3v) is 5.33. The van der Waals surface area contributed by atoms with E-state index in [9.17, 15) is 26.4 Å². The lowest BCUT2D eigenvalue weighted by atomic mass is 10.2. The lowest BCUT2D eigenvalue weighted by Gasteiger charge is -2.14. The van der Waals surface area contributed by atoms with Crippen molar-refractivity contribution in [2.45, 2.75) is 11.1 Å². The van der Waals surface area contributed by atoms with Crippen LogP contribution < -0.4 is 9.46 Å². The second kappa shape index (κ2) is 8.07. The molecular weight excluding hydrogens is 423 g/mol. The highest BCUT2D eigenvalue weighted by Crippen LogP contribution is 2.34. The van der Waals surface area contributed by atoms with Gasteiger partial charge in [-0.15, -0.1) is 0 Å². The number of halogens is 3. The molecular formula is C20H14F3NO5S. The summed E-state index contributed by atoms with van der Waals surface area (Å²) in [6.07, 6.45) is -4.48. The minimum Gasteiger partial charge on any atom is -0.478 e. The molecule has 6 nitrogen and oxygen atoms in total. The molecule has 0 aliphatic carbocycles. The van der Waals surface area contributed by atoms with E-state index in [1.165, 1.54) is 12.1 Å². The number of hydrogen-bond acceptors (Lipinski definition) is 4. The van der Waals surface area contributed by atoms with E-state index in [1.807, 2.05) is 0 Å². The Morgan fingerprint density at radius 1 is 0.900 bits per heavy atom. The van der Waals surface area contributed by atoms with Crippen molar-refractivity contribution in [3.05, 3.63) is 83.9 Å². The number of para-hydroxylation sites is 2. The predicted octanol–water partition coefficient (Wildman–Crippen LogP) is 5.00. The van der Waals surface area contributed by atoms with Gasteiger partial charge in [0.1, 0.15) is 5.75 Å². The Morgan fingerprint density at radius 2 is 1.50 bits per heavy atom. The molecule has 0 unspecified atom stereocenters. The normalized spacial score (nSPS) is 11.7. The first kappa shape index (κ1) is 21.2. The highest BCUT2D eigenvalue weighted by molar-refractivity contribution is 7.92. The molecule has 0 saturated heterocycles. The van der Waals surface area contributed by atoms with E-state index in [1.54, 1.807) is 12.1 Å². The summed E-state index contributed by atoms with van der Waals surface area (Å²) in [4.78, 5) is 10.7. The van der Waals surface area contributed by atoms with Crippen LogP contribution in [0.1, 0.15) is 15.9 Å². The topological polar surface area (TPSA) is 92.7 Å². The number of alkyl halides is 3. The van der Waals surface area contributed by atoms with E-state index >= 15 is 0 Å². The van der Waals surface area contributed by atoms with Crippen LogP contribution in [-0.4, -0.2) is 19.5 Å².